The molecule has 3 heterocycles. The maximum absolute atomic E-state index is 3.65. The molecular weight excluding hydrogens is 240 g/mol. The topological polar surface area (TPSA) is 15.3 Å². The van der Waals surface area contributed by atoms with E-state index in [1.165, 1.54) is 64.7 Å². The molecule has 2 nitrogen and oxygen atoms in total. The summed E-state index contributed by atoms with van der Waals surface area (Å²) in [6.45, 7) is 4.99. The number of piperidine rings is 1. The van der Waals surface area contributed by atoms with E-state index in [4.69, 9.17) is 0 Å². The van der Waals surface area contributed by atoms with Gasteiger partial charge in [-0.25, -0.2) is 0 Å². The summed E-state index contributed by atoms with van der Waals surface area (Å²) in [5, 5.41) is 5.90. The van der Waals surface area contributed by atoms with E-state index in [9.17, 15) is 0 Å². The Hall–Kier alpha value is -0.380. The van der Waals surface area contributed by atoms with Crippen molar-refractivity contribution in [3.63, 3.8) is 0 Å². The second-order valence-corrected chi connectivity index (χ2v) is 6.68. The minimum absolute atomic E-state index is 0.806. The highest BCUT2D eigenvalue weighted by molar-refractivity contribution is 7.10. The zero-order chi connectivity index (χ0) is 12.2. The molecule has 2 aliphatic rings. The van der Waals surface area contributed by atoms with Gasteiger partial charge in [0.2, 0.25) is 0 Å². The molecule has 3 heteroatoms. The maximum atomic E-state index is 3.65. The Morgan fingerprint density at radius 2 is 2.39 bits per heavy atom. The van der Waals surface area contributed by atoms with Crippen molar-refractivity contribution in [2.75, 3.05) is 19.6 Å². The van der Waals surface area contributed by atoms with Gasteiger partial charge in [-0.2, -0.15) is 0 Å². The summed E-state index contributed by atoms with van der Waals surface area (Å²) in [6, 6.07) is 3.12. The highest BCUT2D eigenvalue weighted by atomic mass is 32.1. The summed E-state index contributed by atoms with van der Waals surface area (Å²) in [5.41, 5.74) is 1.59. The van der Waals surface area contributed by atoms with Crippen molar-refractivity contribution in [3.8, 4) is 0 Å². The standard InChI is InChI=1S/C15H24N2S/c1-2-8-16-14(4-1)5-3-9-17-10-6-15-13(12-17)7-11-18-15/h7,11,14,16H,1-6,8-10,12H2. The number of nitrogens with zero attached hydrogens (tertiary/aromatic N) is 1. The minimum atomic E-state index is 0.806. The van der Waals surface area contributed by atoms with Crippen molar-refractivity contribution in [2.45, 2.75) is 51.1 Å². The maximum Gasteiger partial charge on any atom is 0.0244 e. The lowest BCUT2D eigenvalue weighted by atomic mass is 10.00. The number of rotatable bonds is 4. The molecule has 1 fully saturated rings. The van der Waals surface area contributed by atoms with Crippen molar-refractivity contribution in [1.29, 1.82) is 0 Å². The van der Waals surface area contributed by atoms with Gasteiger partial charge in [-0.15, -0.1) is 11.3 Å². The molecule has 1 unspecified atom stereocenters. The van der Waals surface area contributed by atoms with E-state index in [0.717, 1.165) is 6.04 Å². The quantitative estimate of drug-likeness (QED) is 0.899. The van der Waals surface area contributed by atoms with Crippen molar-refractivity contribution in [2.24, 2.45) is 0 Å². The molecule has 3 rings (SSSR count). The van der Waals surface area contributed by atoms with Crippen molar-refractivity contribution in [3.05, 3.63) is 21.9 Å². The second kappa shape index (κ2) is 6.18. The molecular formula is C15H24N2S. The fourth-order valence-electron chi connectivity index (χ4n) is 3.23. The zero-order valence-electron chi connectivity index (χ0n) is 11.2. The lowest BCUT2D eigenvalue weighted by Gasteiger charge is -2.28. The molecule has 1 saturated heterocycles. The highest BCUT2D eigenvalue weighted by Crippen LogP contribution is 2.24. The van der Waals surface area contributed by atoms with E-state index in [2.05, 4.69) is 21.7 Å². The number of hydrogen-bond donors (Lipinski definition) is 1. The molecule has 0 aliphatic carbocycles. The number of thiophene rings is 1. The average molecular weight is 264 g/mol. The molecule has 1 aromatic heterocycles. The fraction of sp³-hybridized carbons (Fsp3) is 0.733. The van der Waals surface area contributed by atoms with Gasteiger partial charge in [0.15, 0.2) is 0 Å². The second-order valence-electron chi connectivity index (χ2n) is 5.68. The first-order chi connectivity index (χ1) is 8.92. The molecule has 0 amide bonds. The summed E-state index contributed by atoms with van der Waals surface area (Å²) in [5.74, 6) is 0. The molecule has 100 valence electrons. The van der Waals surface area contributed by atoms with Crippen molar-refractivity contribution in [1.82, 2.24) is 10.2 Å². The van der Waals surface area contributed by atoms with Crippen LogP contribution in [0.3, 0.4) is 0 Å². The van der Waals surface area contributed by atoms with Gasteiger partial charge in [-0.05, 0) is 62.2 Å². The third-order valence-corrected chi connectivity index (χ3v) is 5.35. The molecule has 2 aliphatic heterocycles. The lowest BCUT2D eigenvalue weighted by Crippen LogP contribution is -2.35. The van der Waals surface area contributed by atoms with Crippen molar-refractivity contribution >= 4 is 11.3 Å². The summed E-state index contributed by atoms with van der Waals surface area (Å²) >= 11 is 1.94. The van der Waals surface area contributed by atoms with Crippen LogP contribution >= 0.6 is 11.3 Å². The van der Waals surface area contributed by atoms with E-state index >= 15 is 0 Å². The smallest absolute Gasteiger partial charge is 0.0244 e. The van der Waals surface area contributed by atoms with E-state index < -0.39 is 0 Å². The Labute approximate surface area is 114 Å². The van der Waals surface area contributed by atoms with Crippen LogP contribution in [0.15, 0.2) is 11.4 Å². The Morgan fingerprint density at radius 1 is 1.39 bits per heavy atom. The van der Waals surface area contributed by atoms with Crippen LogP contribution in [-0.2, 0) is 13.0 Å². The molecule has 0 spiro atoms. The fourth-order valence-corrected chi connectivity index (χ4v) is 4.12. The molecule has 0 bridgehead atoms. The largest absolute Gasteiger partial charge is 0.314 e. The monoisotopic (exact) mass is 264 g/mol. The number of nitrogens with one attached hydrogen (secondary N) is 1. The van der Waals surface area contributed by atoms with E-state index in [1.54, 1.807) is 10.4 Å². The van der Waals surface area contributed by atoms with Crippen molar-refractivity contribution < 1.29 is 0 Å². The first-order valence-electron chi connectivity index (χ1n) is 7.43. The minimum Gasteiger partial charge on any atom is -0.314 e. The van der Waals surface area contributed by atoms with Gasteiger partial charge in [0, 0.05) is 24.0 Å². The summed E-state index contributed by atoms with van der Waals surface area (Å²) in [4.78, 5) is 4.26. The van der Waals surface area contributed by atoms with Gasteiger partial charge in [-0.1, -0.05) is 6.42 Å². The van der Waals surface area contributed by atoms with Gasteiger partial charge < -0.3 is 5.32 Å². The predicted octanol–water partition coefficient (Wildman–Crippen LogP) is 3.03. The molecule has 0 saturated carbocycles. The van der Waals surface area contributed by atoms with Crippen LogP contribution < -0.4 is 5.32 Å². The van der Waals surface area contributed by atoms with E-state index in [0.29, 0.717) is 0 Å². The van der Waals surface area contributed by atoms with Crippen LogP contribution in [0.1, 0.15) is 42.5 Å². The highest BCUT2D eigenvalue weighted by Gasteiger charge is 2.17. The van der Waals surface area contributed by atoms with Crippen LogP contribution in [0.2, 0.25) is 0 Å². The summed E-state index contributed by atoms with van der Waals surface area (Å²) in [6.07, 6.45) is 8.21. The lowest BCUT2D eigenvalue weighted by molar-refractivity contribution is 0.242. The van der Waals surface area contributed by atoms with Gasteiger partial charge in [0.1, 0.15) is 0 Å². The summed E-state index contributed by atoms with van der Waals surface area (Å²) < 4.78 is 0. The third-order valence-electron chi connectivity index (χ3n) is 4.33. The SMILES string of the molecule is c1cc2c(s1)CCN(CCCC1CCCCN1)C2. The molecule has 0 radical (unpaired) electrons. The van der Waals surface area contributed by atoms with Gasteiger partial charge in [0.05, 0.1) is 0 Å². The van der Waals surface area contributed by atoms with E-state index in [-0.39, 0.29) is 0 Å². The van der Waals surface area contributed by atoms with Crippen LogP contribution in [-0.4, -0.2) is 30.6 Å². The van der Waals surface area contributed by atoms with Gasteiger partial charge in [-0.3, -0.25) is 4.90 Å². The predicted molar refractivity (Wildman–Crippen MR) is 78.2 cm³/mol. The van der Waals surface area contributed by atoms with Crippen LogP contribution in [0.25, 0.3) is 0 Å². The molecule has 0 aromatic carbocycles. The Kier molecular flexibility index (Phi) is 4.34. The molecule has 18 heavy (non-hydrogen) atoms. The Morgan fingerprint density at radius 3 is 3.28 bits per heavy atom. The molecule has 1 atom stereocenters. The average Bonchev–Trinajstić information content (AvgIpc) is 2.87. The first-order valence-corrected chi connectivity index (χ1v) is 8.31. The third kappa shape index (κ3) is 3.14. The van der Waals surface area contributed by atoms with Gasteiger partial charge in [0.25, 0.3) is 0 Å². The molecule has 1 aromatic rings. The first kappa shape index (κ1) is 12.6. The Bertz CT molecular complexity index is 368. The van der Waals surface area contributed by atoms with Gasteiger partial charge >= 0.3 is 0 Å². The van der Waals surface area contributed by atoms with Crippen LogP contribution in [0, 0.1) is 0 Å². The molecule has 1 N–H and O–H groups in total. The van der Waals surface area contributed by atoms with Crippen LogP contribution in [0.5, 0.6) is 0 Å². The number of fused-ring (bicyclic) bond motifs is 1. The van der Waals surface area contributed by atoms with E-state index in [1.807, 2.05) is 11.3 Å². The normalized spacial score (nSPS) is 25.0. The number of hydrogen-bond acceptors (Lipinski definition) is 3. The van der Waals surface area contributed by atoms with Crippen LogP contribution in [0.4, 0.5) is 0 Å². The zero-order valence-corrected chi connectivity index (χ0v) is 12.0. The summed E-state index contributed by atoms with van der Waals surface area (Å²) in [7, 11) is 0. The Balaban J connectivity index is 1.39.